The van der Waals surface area contributed by atoms with Crippen molar-refractivity contribution in [3.8, 4) is 0 Å². The van der Waals surface area contributed by atoms with Gasteiger partial charge in [0.25, 0.3) is 0 Å². The van der Waals surface area contributed by atoms with E-state index in [0.29, 0.717) is 16.3 Å². The summed E-state index contributed by atoms with van der Waals surface area (Å²) in [5.41, 5.74) is 0.684. The van der Waals surface area contributed by atoms with Crippen molar-refractivity contribution in [2.45, 2.75) is 42.1 Å². The third-order valence-electron chi connectivity index (χ3n) is 4.73. The van der Waals surface area contributed by atoms with E-state index in [4.69, 9.17) is 21.1 Å². The fourth-order valence-corrected chi connectivity index (χ4v) is 6.21. The molecule has 1 aromatic rings. The highest BCUT2D eigenvalue weighted by atomic mass is 35.5. The van der Waals surface area contributed by atoms with Crippen molar-refractivity contribution in [3.63, 3.8) is 0 Å². The first-order valence-corrected chi connectivity index (χ1v) is 10.4. The lowest BCUT2D eigenvalue weighted by Crippen LogP contribution is -2.50. The minimum Gasteiger partial charge on any atom is -0.391 e. The van der Waals surface area contributed by atoms with Crippen LogP contribution in [0, 0.1) is 0 Å². The van der Waals surface area contributed by atoms with Crippen LogP contribution in [0.3, 0.4) is 0 Å². The predicted molar refractivity (Wildman–Crippen MR) is 97.0 cm³/mol. The fraction of sp³-hybridized carbons (Fsp3) is 0.647. The van der Waals surface area contributed by atoms with E-state index >= 15 is 0 Å². The summed E-state index contributed by atoms with van der Waals surface area (Å²) in [4.78, 5) is 0. The second kappa shape index (κ2) is 8.72. The lowest BCUT2D eigenvalue weighted by atomic mass is 10.1. The normalized spacial score (nSPS) is 39.1. The van der Waals surface area contributed by atoms with Gasteiger partial charge in [0.2, 0.25) is 0 Å². The van der Waals surface area contributed by atoms with E-state index in [2.05, 4.69) is 0 Å². The third-order valence-corrected chi connectivity index (χ3v) is 7.79. The summed E-state index contributed by atoms with van der Waals surface area (Å²) in [5.74, 6) is 0.518. The van der Waals surface area contributed by atoms with Crippen LogP contribution in [0.5, 0.6) is 0 Å². The molecule has 7 nitrogen and oxygen atoms in total. The molecule has 2 saturated heterocycles. The van der Waals surface area contributed by atoms with Crippen molar-refractivity contribution in [1.82, 2.24) is 0 Å². The van der Waals surface area contributed by atoms with Gasteiger partial charge in [-0.15, -0.1) is 0 Å². The van der Waals surface area contributed by atoms with Crippen LogP contribution >= 0.6 is 11.6 Å². The molecule has 2 unspecified atom stereocenters. The van der Waals surface area contributed by atoms with E-state index in [-0.39, 0.29) is 19.0 Å². The number of hydrogen-bond donors (Lipinski definition) is 5. The van der Waals surface area contributed by atoms with E-state index in [0.717, 1.165) is 0 Å². The highest BCUT2D eigenvalue weighted by molar-refractivity contribution is 7.97. The van der Waals surface area contributed by atoms with Gasteiger partial charge in [0.15, 0.2) is 11.5 Å². The minimum absolute atomic E-state index is 0.00135. The molecule has 0 amide bonds. The predicted octanol–water partition coefficient (Wildman–Crippen LogP) is -0.810. The van der Waals surface area contributed by atoms with Crippen LogP contribution in [-0.4, -0.2) is 86.0 Å². The van der Waals surface area contributed by atoms with Gasteiger partial charge >= 0.3 is 0 Å². The zero-order valence-electron chi connectivity index (χ0n) is 14.0. The van der Waals surface area contributed by atoms with Crippen LogP contribution in [0.1, 0.15) is 11.9 Å². The van der Waals surface area contributed by atoms with E-state index < -0.39 is 53.0 Å². The van der Waals surface area contributed by atoms with Crippen molar-refractivity contribution >= 4 is 22.5 Å². The van der Waals surface area contributed by atoms with Crippen LogP contribution in [-0.2, 0) is 20.4 Å². The lowest BCUT2D eigenvalue weighted by molar-refractivity contribution is -0.273. The maximum Gasteiger partial charge on any atom is 0.184 e. The van der Waals surface area contributed by atoms with Gasteiger partial charge in [-0.2, -0.15) is 0 Å². The van der Waals surface area contributed by atoms with Crippen molar-refractivity contribution < 1.29 is 35.0 Å². The number of halogens is 1. The monoisotopic (exact) mass is 407 g/mol. The molecular formula is C17H24ClO7S+. The molecule has 0 bridgehead atoms. The summed E-state index contributed by atoms with van der Waals surface area (Å²) in [6.07, 6.45) is -5.58. The SMILES string of the molecule is OC[C@@H]1[C@@H](O)[C@H](O)C[S+]1C[C@@H](O)[C@H]1OC(c2cccc(Cl)c2)OC[C@H]1O. The fourth-order valence-electron chi connectivity index (χ4n) is 3.33. The molecule has 0 spiro atoms. The number of rotatable bonds is 5. The highest BCUT2D eigenvalue weighted by Crippen LogP contribution is 2.31. The molecule has 2 aliphatic rings. The minimum atomic E-state index is -1.02. The van der Waals surface area contributed by atoms with Crippen LogP contribution < -0.4 is 0 Å². The summed E-state index contributed by atoms with van der Waals surface area (Å²) >= 11 is 5.98. The average Bonchev–Trinajstić information content (AvgIpc) is 2.88. The van der Waals surface area contributed by atoms with Gasteiger partial charge in [-0.05, 0) is 12.1 Å². The Hall–Kier alpha value is -0.420. The van der Waals surface area contributed by atoms with Crippen molar-refractivity contribution in [3.05, 3.63) is 34.9 Å². The Bertz CT molecular complexity index is 606. The second-order valence-corrected chi connectivity index (χ2v) is 9.39. The van der Waals surface area contributed by atoms with Gasteiger partial charge in [0, 0.05) is 21.5 Å². The van der Waals surface area contributed by atoms with E-state index in [1.807, 2.05) is 0 Å². The Balaban J connectivity index is 1.66. The van der Waals surface area contributed by atoms with Crippen molar-refractivity contribution in [2.24, 2.45) is 0 Å². The average molecular weight is 408 g/mol. The van der Waals surface area contributed by atoms with Crippen molar-refractivity contribution in [2.75, 3.05) is 24.7 Å². The standard InChI is InChI=1S/C17H24ClO7S/c18-10-3-1-2-9(4-10)17-24-6-11(20)16(25-17)13(22)8-26-7-12(21)15(23)14(26)5-19/h1-4,11-17,19-23H,5-8H2/q+1/t11-,12-,13-,14-,15+,16+,17?,26?/m1/s1. The summed E-state index contributed by atoms with van der Waals surface area (Å²) in [6, 6.07) is 6.96. The summed E-state index contributed by atoms with van der Waals surface area (Å²) in [6.45, 7) is -0.266. The van der Waals surface area contributed by atoms with Gasteiger partial charge in [0.1, 0.15) is 42.0 Å². The van der Waals surface area contributed by atoms with E-state index in [9.17, 15) is 25.5 Å². The molecule has 8 atom stereocenters. The lowest BCUT2D eigenvalue weighted by Gasteiger charge is -2.36. The molecule has 146 valence electrons. The zero-order valence-corrected chi connectivity index (χ0v) is 15.6. The summed E-state index contributed by atoms with van der Waals surface area (Å²) < 4.78 is 11.3. The van der Waals surface area contributed by atoms with Crippen molar-refractivity contribution in [1.29, 1.82) is 0 Å². The number of benzene rings is 1. The Labute approximate surface area is 159 Å². The van der Waals surface area contributed by atoms with Crippen LogP contribution in [0.25, 0.3) is 0 Å². The Morgan fingerprint density at radius 2 is 2.00 bits per heavy atom. The first-order valence-electron chi connectivity index (χ1n) is 8.42. The molecule has 2 aliphatic heterocycles. The van der Waals surface area contributed by atoms with Gasteiger partial charge in [0.05, 0.1) is 13.2 Å². The maximum atomic E-state index is 10.6. The third kappa shape index (κ3) is 4.35. The first kappa shape index (κ1) is 20.3. The molecule has 2 heterocycles. The molecule has 1 aromatic carbocycles. The van der Waals surface area contributed by atoms with Crippen LogP contribution in [0.15, 0.2) is 24.3 Å². The smallest absolute Gasteiger partial charge is 0.184 e. The largest absolute Gasteiger partial charge is 0.391 e. The van der Waals surface area contributed by atoms with Gasteiger partial charge in [-0.3, -0.25) is 0 Å². The summed E-state index contributed by atoms with van der Waals surface area (Å²) in [5, 5.41) is 50.0. The molecule has 0 aromatic heterocycles. The number of aliphatic hydroxyl groups is 5. The molecule has 0 saturated carbocycles. The van der Waals surface area contributed by atoms with E-state index in [1.165, 1.54) is 0 Å². The molecule has 0 aliphatic carbocycles. The molecule has 0 radical (unpaired) electrons. The quantitative estimate of drug-likeness (QED) is 0.405. The van der Waals surface area contributed by atoms with Gasteiger partial charge in [-0.1, -0.05) is 23.7 Å². The summed E-state index contributed by atoms with van der Waals surface area (Å²) in [7, 11) is -0.584. The number of ether oxygens (including phenoxy) is 2. The molecule has 9 heteroatoms. The first-order chi connectivity index (χ1) is 12.4. The van der Waals surface area contributed by atoms with Crippen LogP contribution in [0.4, 0.5) is 0 Å². The highest BCUT2D eigenvalue weighted by Gasteiger charge is 2.51. The molecule has 26 heavy (non-hydrogen) atoms. The molecular weight excluding hydrogens is 384 g/mol. The Morgan fingerprint density at radius 1 is 1.23 bits per heavy atom. The topological polar surface area (TPSA) is 120 Å². The van der Waals surface area contributed by atoms with Gasteiger partial charge < -0.3 is 35.0 Å². The number of aliphatic hydroxyl groups excluding tert-OH is 5. The van der Waals surface area contributed by atoms with Gasteiger partial charge in [-0.25, -0.2) is 0 Å². The maximum absolute atomic E-state index is 10.6. The zero-order chi connectivity index (χ0) is 18.8. The van der Waals surface area contributed by atoms with E-state index in [1.54, 1.807) is 24.3 Å². The molecule has 5 N–H and O–H groups in total. The number of hydrogen-bond acceptors (Lipinski definition) is 7. The molecule has 3 rings (SSSR count). The Kier molecular flexibility index (Phi) is 6.82. The second-order valence-electron chi connectivity index (χ2n) is 6.61. The Morgan fingerprint density at radius 3 is 2.69 bits per heavy atom. The molecule has 2 fully saturated rings. The van der Waals surface area contributed by atoms with Crippen LogP contribution in [0.2, 0.25) is 5.02 Å².